The summed E-state index contributed by atoms with van der Waals surface area (Å²) in [7, 11) is 0. The van der Waals surface area contributed by atoms with Crippen LogP contribution < -0.4 is 10.2 Å². The fourth-order valence-corrected chi connectivity index (χ4v) is 2.17. The first kappa shape index (κ1) is 16.0. The van der Waals surface area contributed by atoms with Crippen molar-refractivity contribution in [3.05, 3.63) is 58.1 Å². The number of rotatable bonds is 5. The van der Waals surface area contributed by atoms with Gasteiger partial charge < -0.3 is 9.84 Å². The van der Waals surface area contributed by atoms with E-state index in [2.05, 4.69) is 26.5 Å². The molecule has 0 bridgehead atoms. The van der Waals surface area contributed by atoms with Crippen LogP contribution in [0.2, 0.25) is 0 Å². The summed E-state index contributed by atoms with van der Waals surface area (Å²) >= 11 is 3.38. The van der Waals surface area contributed by atoms with E-state index in [9.17, 15) is 9.90 Å². The van der Waals surface area contributed by atoms with Gasteiger partial charge in [0.15, 0.2) is 0 Å². The van der Waals surface area contributed by atoms with E-state index in [4.69, 9.17) is 4.74 Å². The molecule has 0 saturated heterocycles. The van der Waals surface area contributed by atoms with Crippen molar-refractivity contribution in [3.63, 3.8) is 0 Å². The molecule has 0 aliphatic carbocycles. The van der Waals surface area contributed by atoms with E-state index in [1.54, 1.807) is 12.1 Å². The summed E-state index contributed by atoms with van der Waals surface area (Å²) in [6, 6.07) is 11.8. The number of halogens is 1. The fourth-order valence-electron chi connectivity index (χ4n) is 1.79. The van der Waals surface area contributed by atoms with Crippen molar-refractivity contribution in [3.8, 4) is 11.5 Å². The Kier molecular flexibility index (Phi) is 5.55. The lowest BCUT2D eigenvalue weighted by Crippen LogP contribution is -2.17. The Morgan fingerprint density at radius 3 is 2.86 bits per heavy atom. The number of benzene rings is 2. The van der Waals surface area contributed by atoms with Crippen molar-refractivity contribution in [2.24, 2.45) is 5.10 Å². The molecule has 0 spiro atoms. The summed E-state index contributed by atoms with van der Waals surface area (Å²) in [5.74, 6) is 0.0984. The molecule has 0 aliphatic rings. The van der Waals surface area contributed by atoms with Gasteiger partial charge in [-0.3, -0.25) is 4.79 Å². The van der Waals surface area contributed by atoms with E-state index >= 15 is 0 Å². The van der Waals surface area contributed by atoms with Crippen LogP contribution in [0.15, 0.2) is 52.0 Å². The summed E-state index contributed by atoms with van der Waals surface area (Å²) in [6.07, 6.45) is 1.49. The van der Waals surface area contributed by atoms with Crippen LogP contribution in [-0.2, 0) is 0 Å². The van der Waals surface area contributed by atoms with E-state index in [1.165, 1.54) is 18.3 Å². The SMILES string of the molecule is CCOc1ccc(Br)cc1C=NNC(=O)c1ccccc1O. The van der Waals surface area contributed by atoms with Gasteiger partial charge in [0.25, 0.3) is 5.91 Å². The third kappa shape index (κ3) is 4.08. The van der Waals surface area contributed by atoms with Crippen molar-refractivity contribution >= 4 is 28.1 Å². The van der Waals surface area contributed by atoms with Crippen LogP contribution in [0.25, 0.3) is 0 Å². The molecule has 0 unspecified atom stereocenters. The number of amides is 1. The number of hydrogen-bond donors (Lipinski definition) is 2. The Balaban J connectivity index is 2.11. The normalized spacial score (nSPS) is 10.6. The number of phenolic OH excluding ortho intramolecular Hbond substituents is 1. The molecule has 2 aromatic carbocycles. The maximum atomic E-state index is 11.9. The molecule has 0 aliphatic heterocycles. The van der Waals surface area contributed by atoms with Crippen LogP contribution in [-0.4, -0.2) is 23.8 Å². The zero-order valence-electron chi connectivity index (χ0n) is 11.9. The van der Waals surface area contributed by atoms with Gasteiger partial charge in [0.2, 0.25) is 0 Å². The topological polar surface area (TPSA) is 70.9 Å². The summed E-state index contributed by atoms with van der Waals surface area (Å²) in [5.41, 5.74) is 3.27. The largest absolute Gasteiger partial charge is 0.507 e. The molecule has 22 heavy (non-hydrogen) atoms. The minimum absolute atomic E-state index is 0.0901. The number of carbonyl (C=O) groups excluding carboxylic acids is 1. The van der Waals surface area contributed by atoms with Crippen LogP contribution in [0.4, 0.5) is 0 Å². The molecule has 1 amide bonds. The fraction of sp³-hybridized carbons (Fsp3) is 0.125. The Bertz CT molecular complexity index is 702. The number of nitrogens with one attached hydrogen (secondary N) is 1. The van der Waals surface area contributed by atoms with Crippen LogP contribution in [0.3, 0.4) is 0 Å². The Morgan fingerprint density at radius 2 is 2.14 bits per heavy atom. The standard InChI is InChI=1S/C16H15BrN2O3/c1-2-22-15-8-7-12(17)9-11(15)10-18-19-16(21)13-5-3-4-6-14(13)20/h3-10,20H,2H2,1H3,(H,19,21). The zero-order chi connectivity index (χ0) is 15.9. The number of para-hydroxylation sites is 1. The molecule has 0 aromatic heterocycles. The molecule has 0 atom stereocenters. The number of carbonyl (C=O) groups is 1. The highest BCUT2D eigenvalue weighted by Crippen LogP contribution is 2.21. The average Bonchev–Trinajstić information content (AvgIpc) is 2.50. The van der Waals surface area contributed by atoms with Crippen molar-refractivity contribution < 1.29 is 14.6 Å². The number of aromatic hydroxyl groups is 1. The van der Waals surface area contributed by atoms with Gasteiger partial charge in [-0.05, 0) is 37.3 Å². The Morgan fingerprint density at radius 1 is 1.36 bits per heavy atom. The van der Waals surface area contributed by atoms with Gasteiger partial charge in [-0.15, -0.1) is 0 Å². The summed E-state index contributed by atoms with van der Waals surface area (Å²) in [5, 5.41) is 13.5. The number of nitrogens with zero attached hydrogens (tertiary/aromatic N) is 1. The highest BCUT2D eigenvalue weighted by atomic mass is 79.9. The van der Waals surface area contributed by atoms with E-state index in [1.807, 2.05) is 25.1 Å². The van der Waals surface area contributed by atoms with Crippen molar-refractivity contribution in [2.75, 3.05) is 6.61 Å². The summed E-state index contributed by atoms with van der Waals surface area (Å²) in [6.45, 7) is 2.43. The van der Waals surface area contributed by atoms with Gasteiger partial charge in [-0.1, -0.05) is 28.1 Å². The first-order chi connectivity index (χ1) is 10.6. The zero-order valence-corrected chi connectivity index (χ0v) is 13.5. The molecular formula is C16H15BrN2O3. The Hall–Kier alpha value is -2.34. The third-order valence-corrected chi connectivity index (χ3v) is 3.28. The molecule has 0 heterocycles. The highest BCUT2D eigenvalue weighted by Gasteiger charge is 2.09. The molecule has 2 rings (SSSR count). The van der Waals surface area contributed by atoms with Crippen LogP contribution in [0.1, 0.15) is 22.8 Å². The van der Waals surface area contributed by atoms with Gasteiger partial charge in [0.05, 0.1) is 18.4 Å². The number of hydrazone groups is 1. The lowest BCUT2D eigenvalue weighted by Gasteiger charge is -2.07. The van der Waals surface area contributed by atoms with Crippen molar-refractivity contribution in [1.82, 2.24) is 5.43 Å². The molecule has 6 heteroatoms. The second-order valence-corrected chi connectivity index (χ2v) is 5.25. The molecule has 2 N–H and O–H groups in total. The van der Waals surface area contributed by atoms with Gasteiger partial charge in [0.1, 0.15) is 11.5 Å². The van der Waals surface area contributed by atoms with E-state index in [-0.39, 0.29) is 11.3 Å². The number of hydrogen-bond acceptors (Lipinski definition) is 4. The van der Waals surface area contributed by atoms with Crippen LogP contribution in [0.5, 0.6) is 11.5 Å². The highest BCUT2D eigenvalue weighted by molar-refractivity contribution is 9.10. The summed E-state index contributed by atoms with van der Waals surface area (Å²) < 4.78 is 6.37. The smallest absolute Gasteiger partial charge is 0.275 e. The molecule has 2 aromatic rings. The summed E-state index contributed by atoms with van der Waals surface area (Å²) in [4.78, 5) is 11.9. The van der Waals surface area contributed by atoms with Gasteiger partial charge >= 0.3 is 0 Å². The van der Waals surface area contributed by atoms with Crippen LogP contribution in [0, 0.1) is 0 Å². The minimum Gasteiger partial charge on any atom is -0.507 e. The van der Waals surface area contributed by atoms with E-state index in [0.717, 1.165) is 10.0 Å². The van der Waals surface area contributed by atoms with Crippen molar-refractivity contribution in [1.29, 1.82) is 0 Å². The molecule has 5 nitrogen and oxygen atoms in total. The first-order valence-electron chi connectivity index (χ1n) is 6.65. The lowest BCUT2D eigenvalue weighted by molar-refractivity contribution is 0.0952. The van der Waals surface area contributed by atoms with E-state index < -0.39 is 5.91 Å². The Labute approximate surface area is 136 Å². The van der Waals surface area contributed by atoms with Gasteiger partial charge in [-0.2, -0.15) is 5.10 Å². The maximum absolute atomic E-state index is 11.9. The molecule has 0 saturated carbocycles. The molecule has 0 radical (unpaired) electrons. The predicted octanol–water partition coefficient (Wildman–Crippen LogP) is 3.32. The van der Waals surface area contributed by atoms with Gasteiger partial charge in [0, 0.05) is 10.0 Å². The molecule has 114 valence electrons. The molecule has 0 fully saturated rings. The maximum Gasteiger partial charge on any atom is 0.275 e. The van der Waals surface area contributed by atoms with Crippen molar-refractivity contribution in [2.45, 2.75) is 6.92 Å². The second-order valence-electron chi connectivity index (χ2n) is 4.33. The quantitative estimate of drug-likeness (QED) is 0.633. The van der Waals surface area contributed by atoms with E-state index in [0.29, 0.717) is 12.4 Å². The number of ether oxygens (including phenoxy) is 1. The second kappa shape index (κ2) is 7.61. The molecular weight excluding hydrogens is 348 g/mol. The third-order valence-electron chi connectivity index (χ3n) is 2.79. The number of phenols is 1. The van der Waals surface area contributed by atoms with Gasteiger partial charge in [-0.25, -0.2) is 5.43 Å². The van der Waals surface area contributed by atoms with Crippen LogP contribution >= 0.6 is 15.9 Å². The lowest BCUT2D eigenvalue weighted by atomic mass is 10.2. The first-order valence-corrected chi connectivity index (χ1v) is 7.45. The predicted molar refractivity (Wildman–Crippen MR) is 88.5 cm³/mol. The average molecular weight is 363 g/mol. The monoisotopic (exact) mass is 362 g/mol. The minimum atomic E-state index is -0.484.